The van der Waals surface area contributed by atoms with Crippen LogP contribution in [0.15, 0.2) is 24.3 Å². The summed E-state index contributed by atoms with van der Waals surface area (Å²) >= 11 is 0. The van der Waals surface area contributed by atoms with Crippen LogP contribution in [-0.4, -0.2) is 38.6 Å². The van der Waals surface area contributed by atoms with Crippen LogP contribution in [0.1, 0.15) is 41.6 Å². The third-order valence-corrected chi connectivity index (χ3v) is 4.14. The monoisotopic (exact) mass is 306 g/mol. The predicted molar refractivity (Wildman–Crippen MR) is 76.7 cm³/mol. The Kier molecular flexibility index (Phi) is 4.61. The zero-order valence-corrected chi connectivity index (χ0v) is 12.0. The Labute approximate surface area is 127 Å². The zero-order chi connectivity index (χ0) is 16.3. The van der Waals surface area contributed by atoms with Crippen LogP contribution in [0.4, 0.5) is 0 Å². The molecular weight excluding hydrogens is 288 g/mol. The van der Waals surface area contributed by atoms with Gasteiger partial charge in [0.05, 0.1) is 12.3 Å². The Morgan fingerprint density at radius 2 is 1.73 bits per heavy atom. The minimum atomic E-state index is -1.89. The minimum Gasteiger partial charge on any atom is -0.481 e. The molecule has 2 atom stereocenters. The number of hydrogen-bond acceptors (Lipinski definition) is 4. The van der Waals surface area contributed by atoms with Gasteiger partial charge in [-0.3, -0.25) is 14.4 Å². The topological polar surface area (TPSA) is 112 Å². The average Bonchev–Trinajstić information content (AvgIpc) is 2.47. The lowest BCUT2D eigenvalue weighted by Crippen LogP contribution is -2.51. The van der Waals surface area contributed by atoms with Crippen molar-refractivity contribution < 1.29 is 29.7 Å². The van der Waals surface area contributed by atoms with Crippen molar-refractivity contribution in [3.63, 3.8) is 0 Å². The van der Waals surface area contributed by atoms with E-state index in [0.717, 1.165) is 0 Å². The molecule has 0 bridgehead atoms. The lowest BCUT2D eigenvalue weighted by atomic mass is 9.71. The Morgan fingerprint density at radius 3 is 2.27 bits per heavy atom. The second kappa shape index (κ2) is 6.27. The third kappa shape index (κ3) is 3.17. The highest BCUT2D eigenvalue weighted by atomic mass is 16.4. The zero-order valence-electron chi connectivity index (χ0n) is 12.0. The number of aliphatic carboxylic acids is 2. The first-order valence-electron chi connectivity index (χ1n) is 7.15. The highest BCUT2D eigenvalue weighted by Crippen LogP contribution is 2.36. The summed E-state index contributed by atoms with van der Waals surface area (Å²) in [6.45, 7) is 0. The van der Waals surface area contributed by atoms with E-state index < -0.39 is 29.2 Å². The number of hydrogen-bond donors (Lipinski definition) is 3. The molecule has 1 aliphatic carbocycles. The van der Waals surface area contributed by atoms with Crippen molar-refractivity contribution in [3.05, 3.63) is 35.4 Å². The maximum Gasteiger partial charge on any atom is 0.309 e. The molecule has 22 heavy (non-hydrogen) atoms. The van der Waals surface area contributed by atoms with Crippen molar-refractivity contribution in [1.29, 1.82) is 0 Å². The first-order valence-corrected chi connectivity index (χ1v) is 7.15. The Hall–Kier alpha value is -2.21. The van der Waals surface area contributed by atoms with Gasteiger partial charge in [-0.2, -0.15) is 0 Å². The molecule has 2 unspecified atom stereocenters. The second-order valence-corrected chi connectivity index (χ2v) is 5.66. The lowest BCUT2D eigenvalue weighted by Gasteiger charge is -2.36. The highest BCUT2D eigenvalue weighted by molar-refractivity contribution is 6.04. The lowest BCUT2D eigenvalue weighted by molar-refractivity contribution is -0.152. The van der Waals surface area contributed by atoms with E-state index in [4.69, 9.17) is 5.11 Å². The van der Waals surface area contributed by atoms with Crippen LogP contribution >= 0.6 is 0 Å². The van der Waals surface area contributed by atoms with E-state index in [1.807, 2.05) is 0 Å². The summed E-state index contributed by atoms with van der Waals surface area (Å²) in [5.41, 5.74) is -1.16. The summed E-state index contributed by atoms with van der Waals surface area (Å²) < 4.78 is 0. The summed E-state index contributed by atoms with van der Waals surface area (Å²) in [5, 5.41) is 28.6. The van der Waals surface area contributed by atoms with Crippen LogP contribution in [0.25, 0.3) is 0 Å². The van der Waals surface area contributed by atoms with Crippen molar-refractivity contribution in [1.82, 2.24) is 0 Å². The molecule has 1 aromatic carbocycles. The first kappa shape index (κ1) is 16.2. The van der Waals surface area contributed by atoms with E-state index in [2.05, 4.69) is 0 Å². The summed E-state index contributed by atoms with van der Waals surface area (Å²) in [7, 11) is 0. The molecule has 0 amide bonds. The molecule has 118 valence electrons. The summed E-state index contributed by atoms with van der Waals surface area (Å²) in [6.07, 6.45) is 1.51. The van der Waals surface area contributed by atoms with Crippen molar-refractivity contribution in [3.8, 4) is 0 Å². The molecular formula is C16H18O6. The third-order valence-electron chi connectivity index (χ3n) is 4.14. The molecule has 1 fully saturated rings. The van der Waals surface area contributed by atoms with Gasteiger partial charge in [-0.1, -0.05) is 37.1 Å². The molecule has 2 rings (SSSR count). The van der Waals surface area contributed by atoms with Crippen molar-refractivity contribution >= 4 is 17.7 Å². The molecule has 1 saturated carbocycles. The number of carboxylic acid groups (broad SMARTS) is 2. The van der Waals surface area contributed by atoms with Gasteiger partial charge in [0, 0.05) is 5.56 Å². The van der Waals surface area contributed by atoms with Gasteiger partial charge >= 0.3 is 11.9 Å². The fourth-order valence-electron chi connectivity index (χ4n) is 2.95. The molecule has 3 N–H and O–H groups in total. The van der Waals surface area contributed by atoms with Gasteiger partial charge in [-0.05, 0) is 18.4 Å². The fraction of sp³-hybridized carbons (Fsp3) is 0.438. The number of Topliss-reactive ketones (excluding diaryl/α,β-unsaturated/α-hetero) is 1. The van der Waals surface area contributed by atoms with Gasteiger partial charge in [-0.25, -0.2) is 0 Å². The maximum absolute atomic E-state index is 12.5. The molecule has 0 heterocycles. The van der Waals surface area contributed by atoms with Crippen LogP contribution in [-0.2, 0) is 16.0 Å². The van der Waals surface area contributed by atoms with E-state index >= 15 is 0 Å². The molecule has 0 saturated heterocycles. The second-order valence-electron chi connectivity index (χ2n) is 5.66. The van der Waals surface area contributed by atoms with Crippen LogP contribution < -0.4 is 0 Å². The number of rotatable bonds is 5. The number of carboxylic acids is 2. The van der Waals surface area contributed by atoms with E-state index in [0.29, 0.717) is 18.4 Å². The molecule has 0 spiro atoms. The molecule has 6 nitrogen and oxygen atoms in total. The summed E-state index contributed by atoms with van der Waals surface area (Å²) in [6, 6.07) is 5.88. The number of ketones is 1. The standard InChI is InChI=1S/C16H18O6/c17-13(18)9-10-4-6-11(7-5-10)14(19)16(22)8-2-1-3-12(16)15(20)21/h4-7,12,22H,1-3,8-9H2,(H,17,18)(H,20,21). The van der Waals surface area contributed by atoms with Crippen molar-refractivity contribution in [2.24, 2.45) is 5.92 Å². The molecule has 1 aliphatic rings. The number of carbonyl (C=O) groups is 3. The predicted octanol–water partition coefficient (Wildman–Crippen LogP) is 1.50. The van der Waals surface area contributed by atoms with E-state index in [1.54, 1.807) is 0 Å². The van der Waals surface area contributed by atoms with Gasteiger partial charge in [0.15, 0.2) is 5.78 Å². The van der Waals surface area contributed by atoms with Crippen LogP contribution in [0, 0.1) is 5.92 Å². The first-order chi connectivity index (χ1) is 10.3. The van der Waals surface area contributed by atoms with Gasteiger partial charge in [0.1, 0.15) is 5.60 Å². The number of benzene rings is 1. The van der Waals surface area contributed by atoms with Crippen LogP contribution in [0.3, 0.4) is 0 Å². The molecule has 0 aromatic heterocycles. The molecule has 0 aliphatic heterocycles. The fourth-order valence-corrected chi connectivity index (χ4v) is 2.95. The van der Waals surface area contributed by atoms with Crippen molar-refractivity contribution in [2.45, 2.75) is 37.7 Å². The van der Waals surface area contributed by atoms with E-state index in [9.17, 15) is 24.6 Å². The van der Waals surface area contributed by atoms with Crippen LogP contribution in [0.2, 0.25) is 0 Å². The largest absolute Gasteiger partial charge is 0.481 e. The van der Waals surface area contributed by atoms with E-state index in [1.165, 1.54) is 24.3 Å². The maximum atomic E-state index is 12.5. The Balaban J connectivity index is 2.25. The smallest absolute Gasteiger partial charge is 0.309 e. The van der Waals surface area contributed by atoms with Gasteiger partial charge < -0.3 is 15.3 Å². The average molecular weight is 306 g/mol. The van der Waals surface area contributed by atoms with Gasteiger partial charge in [-0.15, -0.1) is 0 Å². The molecule has 6 heteroatoms. The molecule has 0 radical (unpaired) electrons. The SMILES string of the molecule is O=C(O)Cc1ccc(C(=O)C2(O)CCCCC2C(=O)O)cc1. The summed E-state index contributed by atoms with van der Waals surface area (Å²) in [5.74, 6) is -3.86. The van der Waals surface area contributed by atoms with Gasteiger partial charge in [0.25, 0.3) is 0 Å². The normalized spacial score (nSPS) is 24.7. The number of aliphatic hydroxyl groups is 1. The van der Waals surface area contributed by atoms with Gasteiger partial charge in [0.2, 0.25) is 0 Å². The van der Waals surface area contributed by atoms with Crippen LogP contribution in [0.5, 0.6) is 0 Å². The Morgan fingerprint density at radius 1 is 1.09 bits per heavy atom. The van der Waals surface area contributed by atoms with Crippen molar-refractivity contribution in [2.75, 3.05) is 0 Å². The highest BCUT2D eigenvalue weighted by Gasteiger charge is 2.49. The van der Waals surface area contributed by atoms with E-state index in [-0.39, 0.29) is 24.8 Å². The minimum absolute atomic E-state index is 0.125. The summed E-state index contributed by atoms with van der Waals surface area (Å²) in [4.78, 5) is 34.5. The molecule has 1 aromatic rings. The quantitative estimate of drug-likeness (QED) is 0.711. The Bertz CT molecular complexity index is 591. The number of carbonyl (C=O) groups excluding carboxylic acids is 1.